The second-order valence-electron chi connectivity index (χ2n) is 3.83. The molecule has 6 heteroatoms. The number of anilines is 1. The summed E-state index contributed by atoms with van der Waals surface area (Å²) in [4.78, 5) is 0. The highest BCUT2D eigenvalue weighted by molar-refractivity contribution is 7.88. The molecule has 0 spiro atoms. The molecule has 0 atom stereocenters. The molecule has 0 radical (unpaired) electrons. The number of aliphatic hydroxyl groups excluding tert-OH is 1. The van der Waals surface area contributed by atoms with Gasteiger partial charge in [0.25, 0.3) is 0 Å². The summed E-state index contributed by atoms with van der Waals surface area (Å²) >= 11 is 0. The van der Waals surface area contributed by atoms with Crippen LogP contribution >= 0.6 is 0 Å². The maximum Gasteiger partial charge on any atom is 0.215 e. The number of hydrogen-bond donors (Lipinski definition) is 3. The van der Waals surface area contributed by atoms with E-state index in [9.17, 15) is 8.42 Å². The van der Waals surface area contributed by atoms with Gasteiger partial charge in [-0.05, 0) is 30.5 Å². The Morgan fingerprint density at radius 1 is 1.18 bits per heavy atom. The zero-order chi connectivity index (χ0) is 12.7. The van der Waals surface area contributed by atoms with Crippen LogP contribution in [0, 0.1) is 0 Å². The van der Waals surface area contributed by atoms with E-state index in [1.54, 1.807) is 24.3 Å². The molecule has 0 aliphatic rings. The van der Waals surface area contributed by atoms with Crippen molar-refractivity contribution in [2.45, 2.75) is 18.6 Å². The predicted molar refractivity (Wildman–Crippen MR) is 67.8 cm³/mol. The van der Waals surface area contributed by atoms with Crippen LogP contribution in [-0.2, 0) is 15.8 Å². The molecule has 0 fully saturated rings. The molecule has 0 aromatic heterocycles. The van der Waals surface area contributed by atoms with Gasteiger partial charge in [0.2, 0.25) is 10.0 Å². The third-order valence-corrected chi connectivity index (χ3v) is 3.60. The smallest absolute Gasteiger partial charge is 0.215 e. The van der Waals surface area contributed by atoms with E-state index in [4.69, 9.17) is 10.8 Å². The highest BCUT2D eigenvalue weighted by Gasteiger charge is 2.10. The number of unbranched alkanes of at least 4 members (excludes halogenated alkanes) is 1. The average molecular weight is 258 g/mol. The SMILES string of the molecule is Nc1ccc(CS(=O)(=O)NCCCCO)cc1. The molecule has 0 aliphatic carbocycles. The fraction of sp³-hybridized carbons (Fsp3) is 0.455. The molecule has 0 saturated heterocycles. The molecule has 0 aliphatic heterocycles. The Hall–Kier alpha value is -1.11. The number of hydrogen-bond acceptors (Lipinski definition) is 4. The first-order valence-corrected chi connectivity index (χ1v) is 7.11. The van der Waals surface area contributed by atoms with Crippen LogP contribution in [0.2, 0.25) is 0 Å². The Labute approximate surface area is 102 Å². The van der Waals surface area contributed by atoms with Crippen LogP contribution in [0.3, 0.4) is 0 Å². The lowest BCUT2D eigenvalue weighted by atomic mass is 10.2. The molecule has 1 rings (SSSR count). The molecule has 0 bridgehead atoms. The van der Waals surface area contributed by atoms with Gasteiger partial charge in [0, 0.05) is 18.8 Å². The number of nitrogen functional groups attached to an aromatic ring is 1. The standard InChI is InChI=1S/C11H18N2O3S/c12-11-5-3-10(4-6-11)9-17(15,16)13-7-1-2-8-14/h3-6,13-14H,1-2,7-9,12H2. The molecule has 4 N–H and O–H groups in total. The van der Waals surface area contributed by atoms with Crippen molar-refractivity contribution >= 4 is 15.7 Å². The molecule has 1 aromatic rings. The number of nitrogens with one attached hydrogen (secondary N) is 1. The summed E-state index contributed by atoms with van der Waals surface area (Å²) in [6.45, 7) is 0.442. The fourth-order valence-corrected chi connectivity index (χ4v) is 2.54. The normalized spacial score (nSPS) is 11.6. The zero-order valence-corrected chi connectivity index (χ0v) is 10.4. The van der Waals surface area contributed by atoms with Crippen molar-refractivity contribution in [1.29, 1.82) is 0 Å². The van der Waals surface area contributed by atoms with E-state index in [0.717, 1.165) is 0 Å². The summed E-state index contributed by atoms with van der Waals surface area (Å²) in [6, 6.07) is 6.75. The van der Waals surface area contributed by atoms with Gasteiger partial charge in [0.15, 0.2) is 0 Å². The van der Waals surface area contributed by atoms with E-state index in [2.05, 4.69) is 4.72 Å². The highest BCUT2D eigenvalue weighted by Crippen LogP contribution is 2.08. The molecular formula is C11H18N2O3S. The second kappa shape index (κ2) is 6.58. The third-order valence-electron chi connectivity index (χ3n) is 2.24. The lowest BCUT2D eigenvalue weighted by Crippen LogP contribution is -2.26. The average Bonchev–Trinajstić information content (AvgIpc) is 2.27. The van der Waals surface area contributed by atoms with E-state index in [-0.39, 0.29) is 12.4 Å². The van der Waals surface area contributed by atoms with Gasteiger partial charge in [-0.25, -0.2) is 13.1 Å². The molecule has 0 unspecified atom stereocenters. The van der Waals surface area contributed by atoms with Gasteiger partial charge < -0.3 is 10.8 Å². The summed E-state index contributed by atoms with van der Waals surface area (Å²) in [7, 11) is -3.30. The topological polar surface area (TPSA) is 92.4 Å². The number of rotatable bonds is 7. The molecule has 17 heavy (non-hydrogen) atoms. The minimum atomic E-state index is -3.30. The Balaban J connectivity index is 2.46. The van der Waals surface area contributed by atoms with Crippen LogP contribution in [0.25, 0.3) is 0 Å². The van der Waals surface area contributed by atoms with Crippen LogP contribution in [-0.4, -0.2) is 26.7 Å². The van der Waals surface area contributed by atoms with E-state index in [1.807, 2.05) is 0 Å². The van der Waals surface area contributed by atoms with Crippen molar-refractivity contribution in [2.24, 2.45) is 0 Å². The Kier molecular flexibility index (Phi) is 5.40. The van der Waals surface area contributed by atoms with E-state index in [1.165, 1.54) is 0 Å². The Morgan fingerprint density at radius 3 is 2.41 bits per heavy atom. The van der Waals surface area contributed by atoms with Crippen LogP contribution < -0.4 is 10.5 Å². The summed E-state index contributed by atoms with van der Waals surface area (Å²) in [5, 5.41) is 8.57. The number of nitrogens with two attached hydrogens (primary N) is 1. The van der Waals surface area contributed by atoms with Crippen molar-refractivity contribution in [3.8, 4) is 0 Å². The van der Waals surface area contributed by atoms with Crippen molar-refractivity contribution in [3.63, 3.8) is 0 Å². The molecule has 0 saturated carbocycles. The van der Waals surface area contributed by atoms with E-state index >= 15 is 0 Å². The van der Waals surface area contributed by atoms with Gasteiger partial charge in [-0.3, -0.25) is 0 Å². The van der Waals surface area contributed by atoms with Gasteiger partial charge in [-0.1, -0.05) is 12.1 Å². The molecule has 0 amide bonds. The molecule has 96 valence electrons. The summed E-state index contributed by atoms with van der Waals surface area (Å²) in [5.41, 5.74) is 6.83. The van der Waals surface area contributed by atoms with E-state index in [0.29, 0.717) is 30.6 Å². The van der Waals surface area contributed by atoms with Crippen molar-refractivity contribution < 1.29 is 13.5 Å². The third kappa shape index (κ3) is 5.67. The minimum absolute atomic E-state index is 0.0492. The molecular weight excluding hydrogens is 240 g/mol. The van der Waals surface area contributed by atoms with Gasteiger partial charge in [-0.15, -0.1) is 0 Å². The van der Waals surface area contributed by atoms with Crippen molar-refractivity contribution in [3.05, 3.63) is 29.8 Å². The first-order chi connectivity index (χ1) is 8.03. The Bertz CT molecular complexity index is 429. The summed E-state index contributed by atoms with van der Waals surface area (Å²) < 4.78 is 25.8. The summed E-state index contributed by atoms with van der Waals surface area (Å²) in [6.07, 6.45) is 1.24. The largest absolute Gasteiger partial charge is 0.399 e. The number of benzene rings is 1. The Morgan fingerprint density at radius 2 is 1.82 bits per heavy atom. The first kappa shape index (κ1) is 14.0. The fourth-order valence-electron chi connectivity index (χ4n) is 1.35. The lowest BCUT2D eigenvalue weighted by molar-refractivity contribution is 0.285. The number of aliphatic hydroxyl groups is 1. The van der Waals surface area contributed by atoms with Crippen LogP contribution in [0.5, 0.6) is 0 Å². The highest BCUT2D eigenvalue weighted by atomic mass is 32.2. The lowest BCUT2D eigenvalue weighted by Gasteiger charge is -2.06. The molecule has 1 aromatic carbocycles. The minimum Gasteiger partial charge on any atom is -0.399 e. The van der Waals surface area contributed by atoms with Gasteiger partial charge in [-0.2, -0.15) is 0 Å². The zero-order valence-electron chi connectivity index (χ0n) is 9.59. The molecule has 0 heterocycles. The van der Waals surface area contributed by atoms with Gasteiger partial charge >= 0.3 is 0 Å². The quantitative estimate of drug-likeness (QED) is 0.489. The predicted octanol–water partition coefficient (Wildman–Crippen LogP) is 0.461. The monoisotopic (exact) mass is 258 g/mol. The van der Waals surface area contributed by atoms with Crippen LogP contribution in [0.1, 0.15) is 18.4 Å². The van der Waals surface area contributed by atoms with E-state index < -0.39 is 10.0 Å². The maximum atomic E-state index is 11.6. The second-order valence-corrected chi connectivity index (χ2v) is 5.63. The van der Waals surface area contributed by atoms with Gasteiger partial charge in [0.1, 0.15) is 0 Å². The molecule has 5 nitrogen and oxygen atoms in total. The first-order valence-electron chi connectivity index (χ1n) is 5.46. The van der Waals surface area contributed by atoms with Crippen molar-refractivity contribution in [1.82, 2.24) is 4.72 Å². The van der Waals surface area contributed by atoms with Gasteiger partial charge in [0.05, 0.1) is 5.75 Å². The number of sulfonamides is 1. The van der Waals surface area contributed by atoms with Crippen LogP contribution in [0.4, 0.5) is 5.69 Å². The maximum absolute atomic E-state index is 11.6. The summed E-state index contributed by atoms with van der Waals surface area (Å²) in [5.74, 6) is -0.0492. The van der Waals surface area contributed by atoms with Crippen LogP contribution in [0.15, 0.2) is 24.3 Å². The van der Waals surface area contributed by atoms with Crippen molar-refractivity contribution in [2.75, 3.05) is 18.9 Å².